The summed E-state index contributed by atoms with van der Waals surface area (Å²) >= 11 is 9.72. The Kier molecular flexibility index (Phi) is 4.29. The minimum absolute atomic E-state index is 0.0339. The smallest absolute Gasteiger partial charge is 0.230 e. The normalized spacial score (nSPS) is 12.2. The number of rotatable bonds is 3. The van der Waals surface area contributed by atoms with Crippen LogP contribution in [0.2, 0.25) is 5.02 Å². The summed E-state index contributed by atoms with van der Waals surface area (Å²) in [6.45, 7) is 1.91. The SMILES string of the molecule is CC(NC(=O)CS)c1cccc(Cl)c1. The van der Waals surface area contributed by atoms with Gasteiger partial charge in [-0.05, 0) is 24.6 Å². The van der Waals surface area contributed by atoms with E-state index in [1.54, 1.807) is 6.07 Å². The lowest BCUT2D eigenvalue weighted by molar-refractivity contribution is -0.119. The molecular formula is C10H12ClNOS. The van der Waals surface area contributed by atoms with Gasteiger partial charge in [0.25, 0.3) is 0 Å². The fourth-order valence-electron chi connectivity index (χ4n) is 1.15. The van der Waals surface area contributed by atoms with E-state index >= 15 is 0 Å². The molecule has 0 fully saturated rings. The molecule has 0 saturated carbocycles. The second-order valence-corrected chi connectivity index (χ2v) is 3.75. The van der Waals surface area contributed by atoms with Crippen LogP contribution in [0, 0.1) is 0 Å². The van der Waals surface area contributed by atoms with Gasteiger partial charge in [-0.2, -0.15) is 12.6 Å². The molecule has 0 aliphatic carbocycles. The lowest BCUT2D eigenvalue weighted by atomic mass is 10.1. The number of amides is 1. The van der Waals surface area contributed by atoms with Gasteiger partial charge in [0.2, 0.25) is 5.91 Å². The molecule has 0 spiro atoms. The van der Waals surface area contributed by atoms with E-state index in [2.05, 4.69) is 17.9 Å². The van der Waals surface area contributed by atoms with Gasteiger partial charge in [-0.15, -0.1) is 0 Å². The van der Waals surface area contributed by atoms with Crippen molar-refractivity contribution in [2.24, 2.45) is 0 Å². The fraction of sp³-hybridized carbons (Fsp3) is 0.300. The topological polar surface area (TPSA) is 29.1 Å². The number of carbonyl (C=O) groups excluding carboxylic acids is 1. The summed E-state index contributed by atoms with van der Waals surface area (Å²) in [4.78, 5) is 11.1. The van der Waals surface area contributed by atoms with Gasteiger partial charge in [0.1, 0.15) is 0 Å². The van der Waals surface area contributed by atoms with Crippen molar-refractivity contribution in [2.45, 2.75) is 13.0 Å². The van der Waals surface area contributed by atoms with Crippen molar-refractivity contribution in [3.8, 4) is 0 Å². The van der Waals surface area contributed by atoms with Crippen molar-refractivity contribution in [1.29, 1.82) is 0 Å². The van der Waals surface area contributed by atoms with Gasteiger partial charge in [0.05, 0.1) is 11.8 Å². The molecule has 0 saturated heterocycles. The zero-order valence-corrected chi connectivity index (χ0v) is 9.48. The van der Waals surface area contributed by atoms with E-state index in [4.69, 9.17) is 11.6 Å². The number of nitrogens with one attached hydrogen (secondary N) is 1. The van der Waals surface area contributed by atoms with Crippen LogP contribution in [0.3, 0.4) is 0 Å². The summed E-state index contributed by atoms with van der Waals surface area (Å²) < 4.78 is 0. The van der Waals surface area contributed by atoms with Gasteiger partial charge in [-0.1, -0.05) is 23.7 Å². The Hall–Kier alpha value is -0.670. The molecule has 1 aromatic rings. The second kappa shape index (κ2) is 5.27. The summed E-state index contributed by atoms with van der Waals surface area (Å²) in [5.74, 6) is 0.117. The Morgan fingerprint density at radius 1 is 1.64 bits per heavy atom. The molecule has 1 amide bonds. The van der Waals surface area contributed by atoms with Crippen LogP contribution in [0.5, 0.6) is 0 Å². The molecule has 0 bridgehead atoms. The van der Waals surface area contributed by atoms with Crippen molar-refractivity contribution in [3.05, 3.63) is 34.9 Å². The summed E-state index contributed by atoms with van der Waals surface area (Å²) in [7, 11) is 0. The predicted octanol–water partition coefficient (Wildman–Crippen LogP) is 2.45. The van der Waals surface area contributed by atoms with Gasteiger partial charge in [-0.25, -0.2) is 0 Å². The van der Waals surface area contributed by atoms with Crippen LogP contribution in [0.15, 0.2) is 24.3 Å². The summed E-state index contributed by atoms with van der Waals surface area (Å²) in [5.41, 5.74) is 0.993. The molecule has 0 heterocycles. The van der Waals surface area contributed by atoms with E-state index in [0.29, 0.717) is 5.02 Å². The van der Waals surface area contributed by atoms with Crippen molar-refractivity contribution < 1.29 is 4.79 Å². The highest BCUT2D eigenvalue weighted by atomic mass is 35.5. The van der Waals surface area contributed by atoms with Crippen LogP contribution in [-0.2, 0) is 4.79 Å². The summed E-state index contributed by atoms with van der Waals surface area (Å²) in [6, 6.07) is 7.40. The maximum atomic E-state index is 11.1. The highest BCUT2D eigenvalue weighted by Gasteiger charge is 2.07. The van der Waals surface area contributed by atoms with Crippen LogP contribution in [0.4, 0.5) is 0 Å². The van der Waals surface area contributed by atoms with Gasteiger partial charge in [-0.3, -0.25) is 4.79 Å². The number of benzene rings is 1. The third-order valence-corrected chi connectivity index (χ3v) is 2.39. The van der Waals surface area contributed by atoms with Crippen LogP contribution < -0.4 is 5.32 Å². The Morgan fingerprint density at radius 3 is 2.93 bits per heavy atom. The standard InChI is InChI=1S/C10H12ClNOS/c1-7(12-10(13)6-14)8-3-2-4-9(11)5-8/h2-5,7,14H,6H2,1H3,(H,12,13). The number of carbonyl (C=O) groups is 1. The van der Waals surface area contributed by atoms with Crippen LogP contribution in [0.25, 0.3) is 0 Å². The average Bonchev–Trinajstić information content (AvgIpc) is 2.17. The van der Waals surface area contributed by atoms with Gasteiger partial charge < -0.3 is 5.32 Å². The highest BCUT2D eigenvalue weighted by Crippen LogP contribution is 2.17. The fourth-order valence-corrected chi connectivity index (χ4v) is 1.44. The van der Waals surface area contributed by atoms with E-state index in [1.807, 2.05) is 25.1 Å². The Labute approximate surface area is 94.1 Å². The molecule has 2 nitrogen and oxygen atoms in total. The highest BCUT2D eigenvalue weighted by molar-refractivity contribution is 7.81. The molecule has 4 heteroatoms. The Bertz CT molecular complexity index is 330. The average molecular weight is 230 g/mol. The molecule has 1 rings (SSSR count). The Morgan fingerprint density at radius 2 is 2.36 bits per heavy atom. The molecule has 0 aliphatic rings. The first kappa shape index (κ1) is 11.4. The largest absolute Gasteiger partial charge is 0.349 e. The molecule has 14 heavy (non-hydrogen) atoms. The maximum absolute atomic E-state index is 11.1. The van der Waals surface area contributed by atoms with E-state index in [9.17, 15) is 4.79 Å². The molecule has 76 valence electrons. The lowest BCUT2D eigenvalue weighted by Crippen LogP contribution is -2.27. The quantitative estimate of drug-likeness (QED) is 0.766. The zero-order chi connectivity index (χ0) is 10.6. The van der Waals surface area contributed by atoms with E-state index < -0.39 is 0 Å². The monoisotopic (exact) mass is 229 g/mol. The van der Waals surface area contributed by atoms with Crippen molar-refractivity contribution in [3.63, 3.8) is 0 Å². The van der Waals surface area contributed by atoms with Gasteiger partial charge >= 0.3 is 0 Å². The van der Waals surface area contributed by atoms with Crippen molar-refractivity contribution in [2.75, 3.05) is 5.75 Å². The second-order valence-electron chi connectivity index (χ2n) is 3.00. The van der Waals surface area contributed by atoms with Crippen LogP contribution in [0.1, 0.15) is 18.5 Å². The van der Waals surface area contributed by atoms with Gasteiger partial charge in [0, 0.05) is 5.02 Å². The van der Waals surface area contributed by atoms with Crippen molar-refractivity contribution >= 4 is 30.1 Å². The first-order valence-corrected chi connectivity index (χ1v) is 5.30. The lowest BCUT2D eigenvalue weighted by Gasteiger charge is -2.13. The molecule has 1 atom stereocenters. The number of hydrogen-bond acceptors (Lipinski definition) is 2. The predicted molar refractivity (Wildman–Crippen MR) is 61.9 cm³/mol. The van der Waals surface area contributed by atoms with Gasteiger partial charge in [0.15, 0.2) is 0 Å². The first-order valence-electron chi connectivity index (χ1n) is 4.29. The Balaban J connectivity index is 2.69. The number of hydrogen-bond donors (Lipinski definition) is 2. The molecular weight excluding hydrogens is 218 g/mol. The van der Waals surface area contributed by atoms with Crippen LogP contribution in [-0.4, -0.2) is 11.7 Å². The van der Waals surface area contributed by atoms with Crippen molar-refractivity contribution in [1.82, 2.24) is 5.32 Å². The molecule has 0 aliphatic heterocycles. The number of thiol groups is 1. The van der Waals surface area contributed by atoms with E-state index in [1.165, 1.54) is 0 Å². The maximum Gasteiger partial charge on any atom is 0.230 e. The third kappa shape index (κ3) is 3.24. The minimum Gasteiger partial charge on any atom is -0.349 e. The minimum atomic E-state index is -0.0826. The molecule has 0 aromatic heterocycles. The molecule has 0 radical (unpaired) electrons. The summed E-state index contributed by atoms with van der Waals surface area (Å²) in [6.07, 6.45) is 0. The molecule has 1 unspecified atom stereocenters. The van der Waals surface area contributed by atoms with E-state index in [-0.39, 0.29) is 17.7 Å². The zero-order valence-electron chi connectivity index (χ0n) is 7.83. The number of halogens is 1. The van der Waals surface area contributed by atoms with E-state index in [0.717, 1.165) is 5.56 Å². The first-order chi connectivity index (χ1) is 6.63. The molecule has 1 N–H and O–H groups in total. The van der Waals surface area contributed by atoms with Crippen LogP contribution >= 0.6 is 24.2 Å². The molecule has 1 aromatic carbocycles. The summed E-state index contributed by atoms with van der Waals surface area (Å²) in [5, 5.41) is 3.47. The third-order valence-electron chi connectivity index (χ3n) is 1.87.